The van der Waals surface area contributed by atoms with Crippen molar-refractivity contribution in [2.45, 2.75) is 31.9 Å². The zero-order valence-electron chi connectivity index (χ0n) is 8.15. The van der Waals surface area contributed by atoms with E-state index in [1.165, 1.54) is 7.11 Å². The Morgan fingerprint density at radius 3 is 2.43 bits per heavy atom. The van der Waals surface area contributed by atoms with Crippen molar-refractivity contribution < 1.29 is 17.9 Å². The van der Waals surface area contributed by atoms with E-state index in [2.05, 4.69) is 0 Å². The Kier molecular flexibility index (Phi) is 2.82. The Morgan fingerprint density at radius 1 is 1.64 bits per heavy atom. The largest absolute Gasteiger partial charge is 0.379 e. The molecule has 0 saturated carbocycles. The standard InChI is InChI=1S/C7H12ClNO4S/c1-5(13-3)7(2)4-6(10)9(7)14(8,11)12/h5H,4H2,1-3H3. The highest BCUT2D eigenvalue weighted by atomic mass is 35.7. The van der Waals surface area contributed by atoms with Gasteiger partial charge in [0.1, 0.15) is 0 Å². The van der Waals surface area contributed by atoms with Crippen LogP contribution in [0.25, 0.3) is 0 Å². The molecule has 14 heavy (non-hydrogen) atoms. The average molecular weight is 242 g/mol. The first-order valence-electron chi connectivity index (χ1n) is 4.04. The number of carbonyl (C=O) groups excluding carboxylic acids is 1. The smallest absolute Gasteiger partial charge is 0.324 e. The van der Waals surface area contributed by atoms with Crippen LogP contribution in [0.4, 0.5) is 0 Å². The van der Waals surface area contributed by atoms with Crippen LogP contribution in [0.1, 0.15) is 20.3 Å². The van der Waals surface area contributed by atoms with E-state index >= 15 is 0 Å². The molecule has 2 unspecified atom stereocenters. The third kappa shape index (κ3) is 1.62. The molecule has 0 aliphatic carbocycles. The first-order chi connectivity index (χ1) is 6.23. The van der Waals surface area contributed by atoms with Crippen LogP contribution in [0.15, 0.2) is 0 Å². The summed E-state index contributed by atoms with van der Waals surface area (Å²) in [6, 6.07) is 0. The number of nitrogens with zero attached hydrogens (tertiary/aromatic N) is 1. The van der Waals surface area contributed by atoms with E-state index in [1.54, 1.807) is 13.8 Å². The summed E-state index contributed by atoms with van der Waals surface area (Å²) >= 11 is 0. The van der Waals surface area contributed by atoms with Crippen LogP contribution in [0, 0.1) is 0 Å². The van der Waals surface area contributed by atoms with Gasteiger partial charge in [-0.05, 0) is 13.8 Å². The highest BCUT2D eigenvalue weighted by Crippen LogP contribution is 2.39. The number of ether oxygens (including phenoxy) is 1. The summed E-state index contributed by atoms with van der Waals surface area (Å²) in [5, 5.41) is 0. The molecule has 2 atom stereocenters. The molecule has 1 amide bonds. The molecule has 5 nitrogen and oxygen atoms in total. The van der Waals surface area contributed by atoms with E-state index in [0.717, 1.165) is 0 Å². The van der Waals surface area contributed by atoms with Gasteiger partial charge in [0.05, 0.1) is 18.1 Å². The maximum atomic E-state index is 11.1. The first-order valence-corrected chi connectivity index (χ1v) is 6.30. The van der Waals surface area contributed by atoms with Gasteiger partial charge in [-0.15, -0.1) is 0 Å². The Balaban J connectivity index is 3.00. The first kappa shape index (κ1) is 11.7. The number of rotatable bonds is 3. The fourth-order valence-electron chi connectivity index (χ4n) is 1.58. The normalized spacial score (nSPS) is 30.0. The second-order valence-electron chi connectivity index (χ2n) is 3.51. The number of methoxy groups -OCH3 is 1. The Morgan fingerprint density at radius 2 is 2.14 bits per heavy atom. The minimum absolute atomic E-state index is 0.133. The summed E-state index contributed by atoms with van der Waals surface area (Å²) in [4.78, 5) is 11.1. The molecule has 0 aromatic heterocycles. The van der Waals surface area contributed by atoms with Gasteiger partial charge in [-0.3, -0.25) is 4.79 Å². The Hall–Kier alpha value is -0.330. The van der Waals surface area contributed by atoms with Gasteiger partial charge in [-0.1, -0.05) is 0 Å². The van der Waals surface area contributed by atoms with Crippen LogP contribution >= 0.6 is 10.7 Å². The van der Waals surface area contributed by atoms with E-state index in [9.17, 15) is 13.2 Å². The lowest BCUT2D eigenvalue weighted by Crippen LogP contribution is -2.67. The van der Waals surface area contributed by atoms with Crippen molar-refractivity contribution in [1.29, 1.82) is 0 Å². The minimum Gasteiger partial charge on any atom is -0.379 e. The average Bonchev–Trinajstić information content (AvgIpc) is 1.98. The van der Waals surface area contributed by atoms with Crippen LogP contribution in [-0.2, 0) is 18.8 Å². The maximum Gasteiger partial charge on any atom is 0.324 e. The van der Waals surface area contributed by atoms with Gasteiger partial charge in [0, 0.05) is 17.8 Å². The summed E-state index contributed by atoms with van der Waals surface area (Å²) in [5.41, 5.74) is -0.855. The predicted molar refractivity (Wildman–Crippen MR) is 51.1 cm³/mol. The molecule has 1 aliphatic heterocycles. The number of hydrogen-bond acceptors (Lipinski definition) is 4. The highest BCUT2D eigenvalue weighted by molar-refractivity contribution is 8.12. The highest BCUT2D eigenvalue weighted by Gasteiger charge is 2.56. The van der Waals surface area contributed by atoms with Crippen molar-refractivity contribution in [3.8, 4) is 0 Å². The molecule has 1 heterocycles. The number of halogens is 1. The van der Waals surface area contributed by atoms with Crippen LogP contribution in [0.3, 0.4) is 0 Å². The topological polar surface area (TPSA) is 63.7 Å². The molecule has 82 valence electrons. The monoisotopic (exact) mass is 241 g/mol. The Labute approximate surface area is 87.5 Å². The van der Waals surface area contributed by atoms with E-state index < -0.39 is 20.7 Å². The van der Waals surface area contributed by atoms with E-state index in [-0.39, 0.29) is 12.5 Å². The predicted octanol–water partition coefficient (Wildman–Crippen LogP) is 0.496. The lowest BCUT2D eigenvalue weighted by atomic mass is 9.84. The second kappa shape index (κ2) is 3.36. The van der Waals surface area contributed by atoms with Crippen molar-refractivity contribution in [2.75, 3.05) is 7.11 Å². The molecule has 1 fully saturated rings. The molecule has 0 N–H and O–H groups in total. The molecule has 0 aromatic rings. The SMILES string of the molecule is COC(C)C1(C)CC(=O)N1S(=O)(=O)Cl. The molecule has 1 aliphatic rings. The molecular weight excluding hydrogens is 230 g/mol. The summed E-state index contributed by atoms with van der Waals surface area (Å²) < 4.78 is 27.8. The van der Waals surface area contributed by atoms with Crippen molar-refractivity contribution in [2.24, 2.45) is 0 Å². The van der Waals surface area contributed by atoms with Gasteiger partial charge in [0.2, 0.25) is 5.91 Å². The molecule has 0 radical (unpaired) electrons. The van der Waals surface area contributed by atoms with E-state index in [1.807, 2.05) is 0 Å². The summed E-state index contributed by atoms with van der Waals surface area (Å²) in [6.45, 7) is 3.32. The van der Waals surface area contributed by atoms with Crippen molar-refractivity contribution >= 4 is 25.8 Å². The van der Waals surface area contributed by atoms with Gasteiger partial charge >= 0.3 is 9.24 Å². The van der Waals surface area contributed by atoms with Gasteiger partial charge in [-0.25, -0.2) is 4.31 Å². The lowest BCUT2D eigenvalue weighted by molar-refractivity contribution is -0.153. The summed E-state index contributed by atoms with van der Waals surface area (Å²) in [6.07, 6.45) is -0.248. The van der Waals surface area contributed by atoms with E-state index in [4.69, 9.17) is 15.4 Å². The Bertz CT molecular complexity index is 355. The zero-order chi connectivity index (χ0) is 11.1. The van der Waals surface area contributed by atoms with Crippen molar-refractivity contribution in [3.63, 3.8) is 0 Å². The van der Waals surface area contributed by atoms with Crippen molar-refractivity contribution in [1.82, 2.24) is 4.31 Å². The number of amides is 1. The third-order valence-electron chi connectivity index (χ3n) is 2.65. The summed E-state index contributed by atoms with van der Waals surface area (Å²) in [5.74, 6) is -0.494. The lowest BCUT2D eigenvalue weighted by Gasteiger charge is -2.49. The molecule has 1 saturated heterocycles. The minimum atomic E-state index is -4.00. The van der Waals surface area contributed by atoms with Crippen LogP contribution in [0.5, 0.6) is 0 Å². The van der Waals surface area contributed by atoms with E-state index in [0.29, 0.717) is 4.31 Å². The van der Waals surface area contributed by atoms with Gasteiger partial charge in [0.15, 0.2) is 0 Å². The molecule has 0 aromatic carbocycles. The fraction of sp³-hybridized carbons (Fsp3) is 0.857. The molecule has 7 heteroatoms. The third-order valence-corrected chi connectivity index (χ3v) is 4.12. The van der Waals surface area contributed by atoms with Crippen molar-refractivity contribution in [3.05, 3.63) is 0 Å². The van der Waals surface area contributed by atoms with Gasteiger partial charge < -0.3 is 4.74 Å². The van der Waals surface area contributed by atoms with Gasteiger partial charge in [0.25, 0.3) is 0 Å². The molecular formula is C7H12ClNO4S. The molecule has 0 bridgehead atoms. The molecule has 0 spiro atoms. The summed E-state index contributed by atoms with van der Waals surface area (Å²) in [7, 11) is 2.59. The van der Waals surface area contributed by atoms with Gasteiger partial charge in [-0.2, -0.15) is 8.42 Å². The number of carbonyl (C=O) groups is 1. The van der Waals surface area contributed by atoms with Crippen LogP contribution < -0.4 is 0 Å². The second-order valence-corrected chi connectivity index (χ2v) is 5.87. The van der Waals surface area contributed by atoms with Crippen LogP contribution in [-0.4, -0.2) is 37.4 Å². The number of β-lactam (4-membered cyclic amide) rings is 1. The zero-order valence-corrected chi connectivity index (χ0v) is 9.72. The quantitative estimate of drug-likeness (QED) is 0.533. The van der Waals surface area contributed by atoms with Crippen LogP contribution in [0.2, 0.25) is 0 Å². The molecule has 1 rings (SSSR count). The fourth-order valence-corrected chi connectivity index (χ4v) is 3.30. The number of hydrogen-bond donors (Lipinski definition) is 0. The maximum absolute atomic E-state index is 11.1.